The maximum Gasteiger partial charge on any atom is 0.350 e. The molecule has 1 unspecified atom stereocenters. The van der Waals surface area contributed by atoms with Gasteiger partial charge >= 0.3 is 5.97 Å². The van der Waals surface area contributed by atoms with Gasteiger partial charge < -0.3 is 15.4 Å². The highest BCUT2D eigenvalue weighted by Crippen LogP contribution is 2.28. The lowest BCUT2D eigenvalue weighted by atomic mass is 10.2. The van der Waals surface area contributed by atoms with Gasteiger partial charge in [0, 0.05) is 6.04 Å². The van der Waals surface area contributed by atoms with Crippen LogP contribution in [0.25, 0.3) is 0 Å². The second kappa shape index (κ2) is 8.24. The highest BCUT2D eigenvalue weighted by atomic mass is 35.5. The third kappa shape index (κ3) is 4.77. The number of aryl methyl sites for hydroxylation is 1. The summed E-state index contributed by atoms with van der Waals surface area (Å²) in [7, 11) is 1.33. The molecule has 0 radical (unpaired) electrons. The molecule has 1 amide bonds. The lowest BCUT2D eigenvalue weighted by Gasteiger charge is -2.17. The number of carbonyl (C=O) groups is 2. The number of halogens is 1. The topological polar surface area (TPSA) is 67.4 Å². The largest absolute Gasteiger partial charge is 0.465 e. The molecule has 2 N–H and O–H groups in total. The van der Waals surface area contributed by atoms with E-state index in [2.05, 4.69) is 10.6 Å². The van der Waals surface area contributed by atoms with Gasteiger partial charge in [0.2, 0.25) is 5.91 Å². The summed E-state index contributed by atoms with van der Waals surface area (Å²) in [6.45, 7) is 7.58. The zero-order chi connectivity index (χ0) is 14.6. The van der Waals surface area contributed by atoms with E-state index in [0.29, 0.717) is 10.6 Å². The van der Waals surface area contributed by atoms with Crippen LogP contribution < -0.4 is 10.6 Å². The Morgan fingerprint density at radius 2 is 1.90 bits per heavy atom. The van der Waals surface area contributed by atoms with Gasteiger partial charge in [0.15, 0.2) is 0 Å². The summed E-state index contributed by atoms with van der Waals surface area (Å²) >= 11 is 1.27. The molecule has 1 aromatic heterocycles. The Kier molecular flexibility index (Phi) is 7.78. The minimum absolute atomic E-state index is 0. The normalized spacial score (nSPS) is 11.7. The smallest absolute Gasteiger partial charge is 0.350 e. The summed E-state index contributed by atoms with van der Waals surface area (Å²) in [4.78, 5) is 24.1. The van der Waals surface area contributed by atoms with Gasteiger partial charge in [-0.15, -0.1) is 23.7 Å². The van der Waals surface area contributed by atoms with E-state index in [4.69, 9.17) is 4.74 Å². The molecule has 1 aromatic rings. The maximum absolute atomic E-state index is 12.0. The van der Waals surface area contributed by atoms with Crippen molar-refractivity contribution >= 4 is 41.3 Å². The van der Waals surface area contributed by atoms with Crippen molar-refractivity contribution < 1.29 is 14.3 Å². The molecule has 1 rings (SSSR count). The Morgan fingerprint density at radius 1 is 1.30 bits per heavy atom. The molecule has 0 aliphatic rings. The van der Waals surface area contributed by atoms with Crippen LogP contribution in [0.5, 0.6) is 0 Å². The summed E-state index contributed by atoms with van der Waals surface area (Å²) in [6.07, 6.45) is 0. The van der Waals surface area contributed by atoms with Gasteiger partial charge in [0.1, 0.15) is 4.88 Å². The van der Waals surface area contributed by atoms with E-state index in [-0.39, 0.29) is 30.4 Å². The van der Waals surface area contributed by atoms with E-state index in [9.17, 15) is 9.59 Å². The van der Waals surface area contributed by atoms with E-state index in [1.54, 1.807) is 6.92 Å². The summed E-state index contributed by atoms with van der Waals surface area (Å²) < 4.78 is 4.70. The third-order valence-corrected chi connectivity index (χ3v) is 3.65. The molecular weight excluding hydrogens is 300 g/mol. The Balaban J connectivity index is 0.00000361. The molecule has 0 saturated carbocycles. The summed E-state index contributed by atoms with van der Waals surface area (Å²) in [5, 5.41) is 7.72. The minimum atomic E-state index is -0.433. The number of amides is 1. The molecule has 0 aliphatic carbocycles. The molecule has 114 valence electrons. The number of hydrogen-bond donors (Lipinski definition) is 2. The fraction of sp³-hybridized carbons (Fsp3) is 0.538. The zero-order valence-corrected chi connectivity index (χ0v) is 13.9. The van der Waals surface area contributed by atoms with Crippen molar-refractivity contribution in [3.05, 3.63) is 15.8 Å². The second-order valence-electron chi connectivity index (χ2n) is 4.65. The molecule has 7 heteroatoms. The van der Waals surface area contributed by atoms with E-state index < -0.39 is 5.97 Å². The molecule has 0 spiro atoms. The van der Waals surface area contributed by atoms with E-state index in [0.717, 1.165) is 5.56 Å². The van der Waals surface area contributed by atoms with E-state index >= 15 is 0 Å². The van der Waals surface area contributed by atoms with Gasteiger partial charge in [-0.25, -0.2) is 4.79 Å². The van der Waals surface area contributed by atoms with Crippen molar-refractivity contribution in [2.45, 2.75) is 39.8 Å². The average Bonchev–Trinajstić information content (AvgIpc) is 2.69. The first-order chi connectivity index (χ1) is 8.86. The van der Waals surface area contributed by atoms with Gasteiger partial charge in [-0.3, -0.25) is 4.79 Å². The van der Waals surface area contributed by atoms with Crippen LogP contribution in [-0.4, -0.2) is 31.1 Å². The lowest BCUT2D eigenvalue weighted by molar-refractivity contribution is -0.117. The average molecular weight is 321 g/mol. The number of anilines is 1. The first kappa shape index (κ1) is 18.9. The Hall–Kier alpha value is -1.11. The van der Waals surface area contributed by atoms with Crippen molar-refractivity contribution in [1.82, 2.24) is 5.32 Å². The molecule has 20 heavy (non-hydrogen) atoms. The zero-order valence-electron chi connectivity index (χ0n) is 12.3. The van der Waals surface area contributed by atoms with Crippen LogP contribution in [0.2, 0.25) is 0 Å². The van der Waals surface area contributed by atoms with Crippen LogP contribution in [0.15, 0.2) is 5.38 Å². The number of nitrogens with one attached hydrogen (secondary N) is 2. The fourth-order valence-corrected chi connectivity index (χ4v) is 2.57. The number of rotatable bonds is 5. The van der Waals surface area contributed by atoms with E-state index in [1.165, 1.54) is 18.4 Å². The third-order valence-electron chi connectivity index (χ3n) is 2.57. The molecule has 0 bridgehead atoms. The van der Waals surface area contributed by atoms with Gasteiger partial charge in [-0.1, -0.05) is 13.8 Å². The standard InChI is InChI=1S/C13H20N2O3S.ClH/c1-7(2)14-9(4)12(16)15-10-8(3)6-19-11(10)13(17)18-5;/h6-7,9,14H,1-5H3,(H,15,16);1H. The van der Waals surface area contributed by atoms with E-state index in [1.807, 2.05) is 26.2 Å². The highest BCUT2D eigenvalue weighted by molar-refractivity contribution is 7.12. The van der Waals surface area contributed by atoms with Crippen LogP contribution in [0.4, 0.5) is 5.69 Å². The van der Waals surface area contributed by atoms with Crippen LogP contribution in [0.1, 0.15) is 36.0 Å². The van der Waals surface area contributed by atoms with Crippen molar-refractivity contribution in [2.75, 3.05) is 12.4 Å². The molecule has 0 saturated heterocycles. The maximum atomic E-state index is 12.0. The SMILES string of the molecule is COC(=O)c1scc(C)c1NC(=O)C(C)NC(C)C.Cl. The molecular formula is C13H21ClN2O3S. The minimum Gasteiger partial charge on any atom is -0.465 e. The number of hydrogen-bond acceptors (Lipinski definition) is 5. The first-order valence-electron chi connectivity index (χ1n) is 6.10. The fourth-order valence-electron chi connectivity index (χ4n) is 1.65. The summed E-state index contributed by atoms with van der Waals surface area (Å²) in [6, 6.07) is -0.116. The Morgan fingerprint density at radius 3 is 2.40 bits per heavy atom. The number of carbonyl (C=O) groups excluding carboxylic acids is 2. The first-order valence-corrected chi connectivity index (χ1v) is 6.98. The molecule has 0 aliphatic heterocycles. The van der Waals surface area contributed by atoms with Crippen LogP contribution in [-0.2, 0) is 9.53 Å². The van der Waals surface area contributed by atoms with Crippen molar-refractivity contribution in [3.8, 4) is 0 Å². The summed E-state index contributed by atoms with van der Waals surface area (Å²) in [5.41, 5.74) is 1.40. The predicted molar refractivity (Wildman–Crippen MR) is 84.0 cm³/mol. The van der Waals surface area contributed by atoms with Gasteiger partial charge in [-0.05, 0) is 24.8 Å². The lowest BCUT2D eigenvalue weighted by Crippen LogP contribution is -2.41. The monoisotopic (exact) mass is 320 g/mol. The number of esters is 1. The van der Waals surface area contributed by atoms with Crippen molar-refractivity contribution in [1.29, 1.82) is 0 Å². The molecule has 0 aromatic carbocycles. The molecule has 0 fully saturated rings. The van der Waals surface area contributed by atoms with Crippen LogP contribution >= 0.6 is 23.7 Å². The predicted octanol–water partition coefficient (Wildman–Crippen LogP) is 2.59. The molecule has 5 nitrogen and oxygen atoms in total. The number of ether oxygens (including phenoxy) is 1. The van der Waals surface area contributed by atoms with Crippen molar-refractivity contribution in [3.63, 3.8) is 0 Å². The summed E-state index contributed by atoms with van der Waals surface area (Å²) in [5.74, 6) is -0.599. The molecule has 1 atom stereocenters. The molecule has 1 heterocycles. The number of thiophene rings is 1. The van der Waals surface area contributed by atoms with Gasteiger partial charge in [-0.2, -0.15) is 0 Å². The number of methoxy groups -OCH3 is 1. The Labute approximate surface area is 129 Å². The highest BCUT2D eigenvalue weighted by Gasteiger charge is 2.21. The van der Waals surface area contributed by atoms with Gasteiger partial charge in [0.25, 0.3) is 0 Å². The van der Waals surface area contributed by atoms with Crippen LogP contribution in [0.3, 0.4) is 0 Å². The van der Waals surface area contributed by atoms with Gasteiger partial charge in [0.05, 0.1) is 18.8 Å². The quantitative estimate of drug-likeness (QED) is 0.818. The second-order valence-corrected chi connectivity index (χ2v) is 5.53. The van der Waals surface area contributed by atoms with Crippen molar-refractivity contribution in [2.24, 2.45) is 0 Å². The Bertz CT molecular complexity index is 474. The van der Waals surface area contributed by atoms with Crippen LogP contribution in [0, 0.1) is 6.92 Å².